The van der Waals surface area contributed by atoms with E-state index >= 15 is 0 Å². The molecular weight excluding hydrogens is 813 g/mol. The second kappa shape index (κ2) is 56.7. The number of hydrogen-bond acceptors (Lipinski definition) is 5. The number of allylic oxidation sites excluding steroid dienone is 12. The molecule has 0 heterocycles. The van der Waals surface area contributed by atoms with Crippen molar-refractivity contribution in [2.75, 3.05) is 19.8 Å². The third kappa shape index (κ3) is 54.0. The summed E-state index contributed by atoms with van der Waals surface area (Å²) in [5.74, 6) is -0.434. The lowest BCUT2D eigenvalue weighted by Gasteiger charge is -2.18. The van der Waals surface area contributed by atoms with Crippen molar-refractivity contribution in [2.45, 2.75) is 284 Å². The second-order valence-corrected chi connectivity index (χ2v) is 18.8. The smallest absolute Gasteiger partial charge is 0.306 e. The van der Waals surface area contributed by atoms with Crippen LogP contribution in [-0.4, -0.2) is 37.9 Å². The average molecular weight is 922 g/mol. The molecule has 1 unspecified atom stereocenters. The summed E-state index contributed by atoms with van der Waals surface area (Å²) < 4.78 is 17.4. The number of unbranched alkanes of at least 4 members (excludes halogenated alkanes) is 29. The van der Waals surface area contributed by atoms with Gasteiger partial charge in [0, 0.05) is 19.4 Å². The van der Waals surface area contributed by atoms with Crippen LogP contribution >= 0.6 is 0 Å². The highest BCUT2D eigenvalue weighted by Crippen LogP contribution is 2.16. The quantitative estimate of drug-likeness (QED) is 0.0346. The fourth-order valence-electron chi connectivity index (χ4n) is 8.07. The van der Waals surface area contributed by atoms with Gasteiger partial charge in [0.2, 0.25) is 0 Å². The predicted molar refractivity (Wildman–Crippen MR) is 288 cm³/mol. The highest BCUT2D eigenvalue weighted by atomic mass is 16.6. The molecule has 5 nitrogen and oxygen atoms in total. The summed E-state index contributed by atoms with van der Waals surface area (Å²) in [6.07, 6.45) is 73.6. The first-order valence-electron chi connectivity index (χ1n) is 28.5. The molecule has 66 heavy (non-hydrogen) atoms. The van der Waals surface area contributed by atoms with E-state index in [1.54, 1.807) is 0 Å². The molecule has 1 atom stereocenters. The summed E-state index contributed by atoms with van der Waals surface area (Å²) in [6.45, 7) is 7.60. The summed E-state index contributed by atoms with van der Waals surface area (Å²) in [7, 11) is 0. The van der Waals surface area contributed by atoms with Crippen molar-refractivity contribution >= 4 is 11.9 Å². The van der Waals surface area contributed by atoms with Crippen molar-refractivity contribution in [1.29, 1.82) is 0 Å². The number of carbonyl (C=O) groups is 2. The summed E-state index contributed by atoms with van der Waals surface area (Å²) in [5.41, 5.74) is 0. The Labute approximate surface area is 410 Å². The van der Waals surface area contributed by atoms with E-state index in [1.165, 1.54) is 141 Å². The van der Waals surface area contributed by atoms with Crippen molar-refractivity contribution in [3.8, 4) is 0 Å². The van der Waals surface area contributed by atoms with E-state index in [-0.39, 0.29) is 25.2 Å². The molecule has 0 radical (unpaired) electrons. The molecule has 0 aromatic rings. The average Bonchev–Trinajstić information content (AvgIpc) is 3.32. The van der Waals surface area contributed by atoms with E-state index in [0.717, 1.165) is 103 Å². The van der Waals surface area contributed by atoms with Crippen LogP contribution < -0.4 is 0 Å². The van der Waals surface area contributed by atoms with Gasteiger partial charge in [-0.2, -0.15) is 0 Å². The summed E-state index contributed by atoms with van der Waals surface area (Å²) in [4.78, 5) is 25.5. The number of ether oxygens (including phenoxy) is 3. The van der Waals surface area contributed by atoms with Gasteiger partial charge >= 0.3 is 11.9 Å². The van der Waals surface area contributed by atoms with Gasteiger partial charge in [-0.15, -0.1) is 0 Å². The fraction of sp³-hybridized carbons (Fsp3) is 0.770. The summed E-state index contributed by atoms with van der Waals surface area (Å²) >= 11 is 0. The number of esters is 2. The van der Waals surface area contributed by atoms with Gasteiger partial charge in [0.25, 0.3) is 0 Å². The molecule has 0 aliphatic rings. The highest BCUT2D eigenvalue weighted by Gasteiger charge is 2.17. The summed E-state index contributed by atoms with van der Waals surface area (Å²) in [5, 5.41) is 0. The Kier molecular flexibility index (Phi) is 54.4. The molecule has 0 amide bonds. The SMILES string of the molecule is CC/C=C\C/C=C\C/C=C\CCCCCCCCCC(=O)OCC(COCCCCCCCCCCCCCCCCCCCCCC)OC(=O)CCCCC/C=C\C/C=C\C/C=C\CC. The number of hydrogen-bond donors (Lipinski definition) is 0. The third-order valence-corrected chi connectivity index (χ3v) is 12.2. The van der Waals surface area contributed by atoms with Gasteiger partial charge in [-0.1, -0.05) is 254 Å². The van der Waals surface area contributed by atoms with Crippen molar-refractivity contribution in [2.24, 2.45) is 0 Å². The highest BCUT2D eigenvalue weighted by molar-refractivity contribution is 5.70. The van der Waals surface area contributed by atoms with E-state index in [1.807, 2.05) is 0 Å². The maximum Gasteiger partial charge on any atom is 0.306 e. The van der Waals surface area contributed by atoms with Crippen LogP contribution in [0.2, 0.25) is 0 Å². The van der Waals surface area contributed by atoms with Gasteiger partial charge in [0.15, 0.2) is 6.10 Å². The Morgan fingerprint density at radius 1 is 0.348 bits per heavy atom. The topological polar surface area (TPSA) is 61.8 Å². The molecule has 0 aromatic heterocycles. The molecule has 382 valence electrons. The molecule has 0 aromatic carbocycles. The molecule has 0 spiro atoms. The van der Waals surface area contributed by atoms with Crippen molar-refractivity contribution < 1.29 is 23.8 Å². The minimum atomic E-state index is -0.556. The van der Waals surface area contributed by atoms with E-state index < -0.39 is 6.10 Å². The van der Waals surface area contributed by atoms with E-state index in [2.05, 4.69) is 93.7 Å². The zero-order chi connectivity index (χ0) is 47.7. The molecule has 0 N–H and O–H groups in total. The lowest BCUT2D eigenvalue weighted by molar-refractivity contribution is -0.163. The molecule has 5 heteroatoms. The molecule has 0 fully saturated rings. The van der Waals surface area contributed by atoms with Gasteiger partial charge in [0.05, 0.1) is 6.61 Å². The van der Waals surface area contributed by atoms with Crippen molar-refractivity contribution in [3.63, 3.8) is 0 Å². The van der Waals surface area contributed by atoms with E-state index in [0.29, 0.717) is 19.4 Å². The Bertz CT molecular complexity index is 1180. The molecule has 0 bridgehead atoms. The van der Waals surface area contributed by atoms with Gasteiger partial charge in [-0.25, -0.2) is 0 Å². The maximum absolute atomic E-state index is 12.8. The second-order valence-electron chi connectivity index (χ2n) is 18.8. The lowest BCUT2D eigenvalue weighted by atomic mass is 10.0. The monoisotopic (exact) mass is 921 g/mol. The predicted octanol–water partition coefficient (Wildman–Crippen LogP) is 19.5. The molecule has 0 rings (SSSR count). The molecule has 0 saturated carbocycles. The van der Waals surface area contributed by atoms with E-state index in [9.17, 15) is 9.59 Å². The Balaban J connectivity index is 4.25. The molecule has 0 saturated heterocycles. The standard InChI is InChI=1S/C61H108O5/c1-4-7-10-13-16-19-22-25-27-29-30-31-33-35-38-41-44-47-50-53-56-64-57-59(66-61(63)55-52-49-46-43-40-36-24-21-18-15-12-9-6-3)58-65-60(62)54-51-48-45-42-39-37-34-32-28-26-23-20-17-14-11-8-5-2/h8-9,11-12,17-18,20-21,26,28,36,40,59H,4-7,10,13-16,19,22-25,27,29-35,37-39,41-58H2,1-3H3/b11-8-,12-9-,20-17-,21-18-,28-26-,40-36-. The van der Waals surface area contributed by atoms with Crippen LogP contribution in [0.3, 0.4) is 0 Å². The van der Waals surface area contributed by atoms with Gasteiger partial charge in [0.1, 0.15) is 6.61 Å². The zero-order valence-electron chi connectivity index (χ0n) is 44.0. The van der Waals surface area contributed by atoms with Crippen LogP contribution in [0.4, 0.5) is 0 Å². The van der Waals surface area contributed by atoms with Crippen LogP contribution in [-0.2, 0) is 23.8 Å². The molecule has 0 aliphatic carbocycles. The van der Waals surface area contributed by atoms with Crippen LogP contribution in [0.25, 0.3) is 0 Å². The Morgan fingerprint density at radius 3 is 1.11 bits per heavy atom. The first-order valence-corrected chi connectivity index (χ1v) is 28.5. The first-order chi connectivity index (χ1) is 32.6. The normalized spacial score (nSPS) is 12.7. The van der Waals surface area contributed by atoms with Gasteiger partial charge in [-0.05, 0) is 83.5 Å². The van der Waals surface area contributed by atoms with Crippen molar-refractivity contribution in [3.05, 3.63) is 72.9 Å². The number of carbonyl (C=O) groups excluding carboxylic acids is 2. The summed E-state index contributed by atoms with van der Waals surface area (Å²) in [6, 6.07) is 0. The Hall–Kier alpha value is -2.66. The minimum Gasteiger partial charge on any atom is -0.462 e. The van der Waals surface area contributed by atoms with Crippen LogP contribution in [0.5, 0.6) is 0 Å². The van der Waals surface area contributed by atoms with E-state index in [4.69, 9.17) is 14.2 Å². The molecular formula is C61H108O5. The van der Waals surface area contributed by atoms with Crippen LogP contribution in [0, 0.1) is 0 Å². The van der Waals surface area contributed by atoms with Crippen LogP contribution in [0.15, 0.2) is 72.9 Å². The first kappa shape index (κ1) is 63.3. The number of rotatable bonds is 52. The van der Waals surface area contributed by atoms with Gasteiger partial charge < -0.3 is 14.2 Å². The largest absolute Gasteiger partial charge is 0.462 e. The molecule has 0 aliphatic heterocycles. The third-order valence-electron chi connectivity index (χ3n) is 12.2. The minimum absolute atomic E-state index is 0.0684. The maximum atomic E-state index is 12.8. The lowest BCUT2D eigenvalue weighted by Crippen LogP contribution is -2.30. The Morgan fingerprint density at radius 2 is 0.682 bits per heavy atom. The van der Waals surface area contributed by atoms with Gasteiger partial charge in [-0.3, -0.25) is 9.59 Å². The van der Waals surface area contributed by atoms with Crippen LogP contribution in [0.1, 0.15) is 278 Å². The zero-order valence-corrected chi connectivity index (χ0v) is 44.0. The van der Waals surface area contributed by atoms with Crippen molar-refractivity contribution in [1.82, 2.24) is 0 Å². The fourth-order valence-corrected chi connectivity index (χ4v) is 8.07.